The maximum Gasteiger partial charge on any atom is 0.122 e. The number of aryl methyl sites for hydroxylation is 2. The van der Waals surface area contributed by atoms with Crippen molar-refractivity contribution in [2.75, 3.05) is 20.2 Å². The van der Waals surface area contributed by atoms with Crippen LogP contribution in [0.4, 0.5) is 0 Å². The van der Waals surface area contributed by atoms with Crippen LogP contribution in [0.5, 0.6) is 5.75 Å². The van der Waals surface area contributed by atoms with Crippen molar-refractivity contribution in [1.82, 2.24) is 5.32 Å². The average molecular weight is 209 g/mol. The highest BCUT2D eigenvalue weighted by Crippen LogP contribution is 2.18. The van der Waals surface area contributed by atoms with Crippen LogP contribution in [0, 0.1) is 13.8 Å². The van der Waals surface area contributed by atoms with Crippen molar-refractivity contribution >= 4 is 0 Å². The molecular formula is C12H19NO2. The van der Waals surface area contributed by atoms with Crippen LogP contribution in [0.1, 0.15) is 11.1 Å². The fraction of sp³-hybridized carbons (Fsp3) is 0.500. The van der Waals surface area contributed by atoms with Gasteiger partial charge in [-0.1, -0.05) is 17.7 Å². The van der Waals surface area contributed by atoms with Crippen LogP contribution in [-0.2, 0) is 0 Å². The Morgan fingerprint density at radius 1 is 1.40 bits per heavy atom. The van der Waals surface area contributed by atoms with Crippen molar-refractivity contribution < 1.29 is 9.84 Å². The average Bonchev–Trinajstić information content (AvgIpc) is 2.17. The van der Waals surface area contributed by atoms with E-state index in [9.17, 15) is 5.11 Å². The molecule has 84 valence electrons. The largest absolute Gasteiger partial charge is 0.491 e. The van der Waals surface area contributed by atoms with Crippen LogP contribution in [-0.4, -0.2) is 31.4 Å². The maximum atomic E-state index is 9.47. The molecule has 0 aromatic heterocycles. The summed E-state index contributed by atoms with van der Waals surface area (Å²) in [5, 5.41) is 12.4. The van der Waals surface area contributed by atoms with Gasteiger partial charge in [-0.3, -0.25) is 0 Å². The lowest BCUT2D eigenvalue weighted by Gasteiger charge is -2.13. The van der Waals surface area contributed by atoms with Crippen molar-refractivity contribution in [3.05, 3.63) is 29.3 Å². The molecule has 1 aromatic carbocycles. The molecular weight excluding hydrogens is 190 g/mol. The molecule has 0 unspecified atom stereocenters. The summed E-state index contributed by atoms with van der Waals surface area (Å²) in [4.78, 5) is 0. The van der Waals surface area contributed by atoms with Crippen LogP contribution in [0.3, 0.4) is 0 Å². The zero-order valence-corrected chi connectivity index (χ0v) is 9.58. The second-order valence-electron chi connectivity index (χ2n) is 3.79. The van der Waals surface area contributed by atoms with Crippen LogP contribution >= 0.6 is 0 Å². The first kappa shape index (κ1) is 12.0. The number of aliphatic hydroxyl groups excluding tert-OH is 1. The van der Waals surface area contributed by atoms with E-state index in [1.54, 1.807) is 7.05 Å². The van der Waals surface area contributed by atoms with Gasteiger partial charge >= 0.3 is 0 Å². The number of benzene rings is 1. The summed E-state index contributed by atoms with van der Waals surface area (Å²) in [6.07, 6.45) is -0.462. The third-order valence-electron chi connectivity index (χ3n) is 2.20. The third kappa shape index (κ3) is 3.90. The number of hydrogen-bond donors (Lipinski definition) is 2. The molecule has 0 saturated heterocycles. The smallest absolute Gasteiger partial charge is 0.122 e. The summed E-state index contributed by atoms with van der Waals surface area (Å²) >= 11 is 0. The predicted molar refractivity (Wildman–Crippen MR) is 61.3 cm³/mol. The molecule has 0 saturated carbocycles. The van der Waals surface area contributed by atoms with E-state index in [1.807, 2.05) is 26.0 Å². The Hall–Kier alpha value is -1.06. The van der Waals surface area contributed by atoms with E-state index in [-0.39, 0.29) is 0 Å². The summed E-state index contributed by atoms with van der Waals surface area (Å²) in [6, 6.07) is 6.02. The molecule has 0 bridgehead atoms. The Morgan fingerprint density at radius 2 is 2.13 bits per heavy atom. The van der Waals surface area contributed by atoms with Crippen molar-refractivity contribution in [2.45, 2.75) is 20.0 Å². The summed E-state index contributed by atoms with van der Waals surface area (Å²) in [5.74, 6) is 0.843. The Bertz CT molecular complexity index is 312. The lowest BCUT2D eigenvalue weighted by atomic mass is 10.1. The predicted octanol–water partition coefficient (Wildman–Crippen LogP) is 1.26. The summed E-state index contributed by atoms with van der Waals surface area (Å²) in [6.45, 7) is 4.93. The van der Waals surface area contributed by atoms with Crippen LogP contribution in [0.15, 0.2) is 18.2 Å². The van der Waals surface area contributed by atoms with Gasteiger partial charge < -0.3 is 15.2 Å². The first-order chi connectivity index (χ1) is 7.13. The molecule has 3 nitrogen and oxygen atoms in total. The zero-order valence-electron chi connectivity index (χ0n) is 9.58. The molecule has 0 radical (unpaired) electrons. The molecule has 0 amide bonds. The number of nitrogens with one attached hydrogen (secondary N) is 1. The maximum absolute atomic E-state index is 9.47. The standard InChI is InChI=1S/C12H19NO2/c1-9-4-5-12(10(2)6-9)15-8-11(14)7-13-3/h4-6,11,13-14H,7-8H2,1-3H3/t11-/m0/s1. The van der Waals surface area contributed by atoms with Gasteiger partial charge in [-0.15, -0.1) is 0 Å². The first-order valence-electron chi connectivity index (χ1n) is 5.16. The normalized spacial score (nSPS) is 12.5. The van der Waals surface area contributed by atoms with Gasteiger partial charge in [-0.05, 0) is 32.5 Å². The van der Waals surface area contributed by atoms with Gasteiger partial charge in [0.1, 0.15) is 18.5 Å². The third-order valence-corrected chi connectivity index (χ3v) is 2.20. The molecule has 3 heteroatoms. The van der Waals surface area contributed by atoms with Gasteiger partial charge in [-0.25, -0.2) is 0 Å². The van der Waals surface area contributed by atoms with E-state index in [4.69, 9.17) is 4.74 Å². The number of hydrogen-bond acceptors (Lipinski definition) is 3. The molecule has 0 aliphatic carbocycles. The molecule has 0 heterocycles. The molecule has 1 aromatic rings. The summed E-state index contributed by atoms with van der Waals surface area (Å²) in [7, 11) is 1.81. The fourth-order valence-corrected chi connectivity index (χ4v) is 1.44. The van der Waals surface area contributed by atoms with E-state index >= 15 is 0 Å². The van der Waals surface area contributed by atoms with E-state index < -0.39 is 6.10 Å². The molecule has 0 spiro atoms. The van der Waals surface area contributed by atoms with Gasteiger partial charge in [0.15, 0.2) is 0 Å². The molecule has 1 rings (SSSR count). The quantitative estimate of drug-likeness (QED) is 0.767. The van der Waals surface area contributed by atoms with Crippen molar-refractivity contribution in [1.29, 1.82) is 0 Å². The Labute approximate surface area is 91.1 Å². The van der Waals surface area contributed by atoms with Crippen molar-refractivity contribution in [2.24, 2.45) is 0 Å². The Morgan fingerprint density at radius 3 is 2.73 bits per heavy atom. The van der Waals surface area contributed by atoms with E-state index in [0.717, 1.165) is 11.3 Å². The highest BCUT2D eigenvalue weighted by atomic mass is 16.5. The topological polar surface area (TPSA) is 41.5 Å². The molecule has 0 aliphatic heterocycles. The summed E-state index contributed by atoms with van der Waals surface area (Å²) in [5.41, 5.74) is 2.32. The first-order valence-corrected chi connectivity index (χ1v) is 5.16. The monoisotopic (exact) mass is 209 g/mol. The minimum Gasteiger partial charge on any atom is -0.491 e. The number of ether oxygens (including phenoxy) is 1. The fourth-order valence-electron chi connectivity index (χ4n) is 1.44. The van der Waals surface area contributed by atoms with Crippen LogP contribution < -0.4 is 10.1 Å². The number of rotatable bonds is 5. The lowest BCUT2D eigenvalue weighted by Crippen LogP contribution is -2.29. The van der Waals surface area contributed by atoms with E-state index in [2.05, 4.69) is 11.4 Å². The van der Waals surface area contributed by atoms with E-state index in [0.29, 0.717) is 13.2 Å². The molecule has 1 atom stereocenters. The molecule has 15 heavy (non-hydrogen) atoms. The van der Waals surface area contributed by atoms with E-state index in [1.165, 1.54) is 5.56 Å². The summed E-state index contributed by atoms with van der Waals surface area (Å²) < 4.78 is 5.52. The zero-order chi connectivity index (χ0) is 11.3. The van der Waals surface area contributed by atoms with Gasteiger partial charge in [0, 0.05) is 6.54 Å². The minimum absolute atomic E-state index is 0.324. The number of aliphatic hydroxyl groups is 1. The number of likely N-dealkylation sites (N-methyl/N-ethyl adjacent to an activating group) is 1. The molecule has 0 fully saturated rings. The Balaban J connectivity index is 2.50. The van der Waals surface area contributed by atoms with Gasteiger partial charge in [0.2, 0.25) is 0 Å². The second-order valence-corrected chi connectivity index (χ2v) is 3.79. The van der Waals surface area contributed by atoms with Gasteiger partial charge in [0.25, 0.3) is 0 Å². The highest BCUT2D eigenvalue weighted by Gasteiger charge is 2.05. The van der Waals surface area contributed by atoms with Crippen molar-refractivity contribution in [3.8, 4) is 5.75 Å². The van der Waals surface area contributed by atoms with Crippen molar-refractivity contribution in [3.63, 3.8) is 0 Å². The molecule has 0 aliphatic rings. The Kier molecular flexibility index (Phi) is 4.59. The highest BCUT2D eigenvalue weighted by molar-refractivity contribution is 5.35. The van der Waals surface area contributed by atoms with Crippen LogP contribution in [0.2, 0.25) is 0 Å². The van der Waals surface area contributed by atoms with Gasteiger partial charge in [0.05, 0.1) is 0 Å². The molecule has 2 N–H and O–H groups in total. The second kappa shape index (κ2) is 5.73. The minimum atomic E-state index is -0.462. The van der Waals surface area contributed by atoms with Gasteiger partial charge in [-0.2, -0.15) is 0 Å². The SMILES string of the molecule is CNC[C@H](O)COc1ccc(C)cc1C. The van der Waals surface area contributed by atoms with Crippen LogP contribution in [0.25, 0.3) is 0 Å². The lowest BCUT2D eigenvalue weighted by molar-refractivity contribution is 0.108.